The van der Waals surface area contributed by atoms with Crippen molar-refractivity contribution < 1.29 is 24.2 Å². The summed E-state index contributed by atoms with van der Waals surface area (Å²) >= 11 is 0. The van der Waals surface area contributed by atoms with Crippen molar-refractivity contribution >= 4 is 51.6 Å². The van der Waals surface area contributed by atoms with Crippen molar-refractivity contribution in [2.45, 2.75) is 78.2 Å². The summed E-state index contributed by atoms with van der Waals surface area (Å²) in [6.45, 7) is 12.6. The van der Waals surface area contributed by atoms with Crippen LogP contribution in [0.4, 0.5) is 26.9 Å². The molecule has 0 unspecified atom stereocenters. The van der Waals surface area contributed by atoms with Crippen LogP contribution in [0.1, 0.15) is 59.9 Å². The second kappa shape index (κ2) is 11.7. The van der Waals surface area contributed by atoms with Gasteiger partial charge in [-0.05, 0) is 90.3 Å². The van der Waals surface area contributed by atoms with Gasteiger partial charge in [0.15, 0.2) is 5.65 Å². The van der Waals surface area contributed by atoms with E-state index in [1.807, 2.05) is 24.3 Å². The molecular weight excluding hydrogens is 550 g/mol. The normalized spacial score (nSPS) is 14.6. The predicted octanol–water partition coefficient (Wildman–Crippen LogP) is 5.68. The van der Waals surface area contributed by atoms with E-state index in [9.17, 15) is 14.7 Å². The topological polar surface area (TPSA) is 144 Å². The Morgan fingerprint density at radius 2 is 1.72 bits per heavy atom. The summed E-state index contributed by atoms with van der Waals surface area (Å²) < 4.78 is 12.5. The number of aromatic nitrogens is 4. The first kappa shape index (κ1) is 30.0. The van der Waals surface area contributed by atoms with E-state index in [0.717, 1.165) is 29.9 Å². The number of carbonyl (C=O) groups excluding carboxylic acids is 2. The molecule has 12 heteroatoms. The number of aliphatic hydroxyl groups excluding tert-OH is 1. The Labute approximate surface area is 250 Å². The number of piperidine rings is 1. The molecule has 0 bridgehead atoms. The molecule has 3 aromatic heterocycles. The summed E-state index contributed by atoms with van der Waals surface area (Å²) in [6.07, 6.45) is 3.32. The molecule has 1 aliphatic heterocycles. The number of rotatable bonds is 5. The van der Waals surface area contributed by atoms with Crippen LogP contribution in [0.5, 0.6) is 0 Å². The van der Waals surface area contributed by atoms with Crippen molar-refractivity contribution in [2.24, 2.45) is 0 Å². The maximum Gasteiger partial charge on any atom is 0.418 e. The highest BCUT2D eigenvalue weighted by Crippen LogP contribution is 2.28. The van der Waals surface area contributed by atoms with Crippen LogP contribution in [-0.2, 0) is 16.0 Å². The molecule has 1 aliphatic rings. The number of hydrogen-bond donors (Lipinski definition) is 3. The van der Waals surface area contributed by atoms with E-state index < -0.39 is 23.4 Å². The number of hydrogen-bond acceptors (Lipinski definition) is 10. The van der Waals surface area contributed by atoms with Gasteiger partial charge in [-0.15, -0.1) is 0 Å². The van der Waals surface area contributed by atoms with E-state index in [1.165, 1.54) is 4.57 Å². The molecule has 43 heavy (non-hydrogen) atoms. The lowest BCUT2D eigenvalue weighted by Gasteiger charge is -2.30. The molecule has 0 saturated carbocycles. The number of fused-ring (bicyclic) bond motifs is 2. The number of nitrogens with zero attached hydrogens (tertiary/aromatic N) is 5. The minimum atomic E-state index is -0.678. The third-order valence-corrected chi connectivity index (χ3v) is 6.77. The van der Waals surface area contributed by atoms with Crippen molar-refractivity contribution in [3.05, 3.63) is 48.3 Å². The highest BCUT2D eigenvalue weighted by Gasteiger charge is 2.22. The first-order chi connectivity index (χ1) is 20.2. The molecule has 0 spiro atoms. The Morgan fingerprint density at radius 3 is 2.42 bits per heavy atom. The minimum absolute atomic E-state index is 0.266. The number of pyridine rings is 1. The van der Waals surface area contributed by atoms with Crippen LogP contribution >= 0.6 is 0 Å². The van der Waals surface area contributed by atoms with Gasteiger partial charge in [0.1, 0.15) is 28.4 Å². The van der Waals surface area contributed by atoms with Gasteiger partial charge in [-0.25, -0.2) is 24.5 Å². The average molecular weight is 590 g/mol. The van der Waals surface area contributed by atoms with E-state index in [0.29, 0.717) is 47.6 Å². The highest BCUT2D eigenvalue weighted by molar-refractivity contribution is 5.96. The molecule has 12 nitrogen and oxygen atoms in total. The lowest BCUT2D eigenvalue weighted by Crippen LogP contribution is -2.36. The summed E-state index contributed by atoms with van der Waals surface area (Å²) in [4.78, 5) is 41.7. The number of aliphatic hydroxyl groups is 1. The van der Waals surface area contributed by atoms with E-state index in [1.54, 1.807) is 60.0 Å². The van der Waals surface area contributed by atoms with Crippen molar-refractivity contribution in [3.63, 3.8) is 0 Å². The number of anilines is 3. The monoisotopic (exact) mass is 589 g/mol. The van der Waals surface area contributed by atoms with Crippen LogP contribution in [0.3, 0.4) is 0 Å². The first-order valence-corrected chi connectivity index (χ1v) is 14.4. The molecule has 5 rings (SSSR count). The van der Waals surface area contributed by atoms with Crippen LogP contribution in [0.2, 0.25) is 0 Å². The largest absolute Gasteiger partial charge is 0.444 e. The number of ether oxygens (including phenoxy) is 2. The maximum atomic E-state index is 13.0. The van der Waals surface area contributed by atoms with Crippen LogP contribution < -0.4 is 15.5 Å². The van der Waals surface area contributed by atoms with Crippen LogP contribution in [0.15, 0.2) is 42.7 Å². The lowest BCUT2D eigenvalue weighted by molar-refractivity contribution is 0.0543. The predicted molar refractivity (Wildman–Crippen MR) is 166 cm³/mol. The third-order valence-electron chi connectivity index (χ3n) is 6.77. The molecular formula is C31H39N7O5. The fraction of sp³-hybridized carbons (Fsp3) is 0.452. The Kier molecular flexibility index (Phi) is 8.15. The summed E-state index contributed by atoms with van der Waals surface area (Å²) in [7, 11) is 0. The molecule has 4 aromatic rings. The quantitative estimate of drug-likeness (QED) is 0.266. The zero-order valence-electron chi connectivity index (χ0n) is 25.5. The Balaban J connectivity index is 1.42. The van der Waals surface area contributed by atoms with Gasteiger partial charge in [-0.1, -0.05) is 0 Å². The van der Waals surface area contributed by atoms with Gasteiger partial charge in [0.25, 0.3) is 0 Å². The number of amides is 1. The molecule has 1 amide bonds. The maximum absolute atomic E-state index is 13.0. The molecule has 1 aromatic carbocycles. The fourth-order valence-corrected chi connectivity index (χ4v) is 4.86. The van der Waals surface area contributed by atoms with Crippen LogP contribution in [0.25, 0.3) is 22.1 Å². The summed E-state index contributed by atoms with van der Waals surface area (Å²) in [5.74, 6) is 1.33. The Hall–Kier alpha value is -4.45. The molecule has 3 N–H and O–H groups in total. The van der Waals surface area contributed by atoms with Gasteiger partial charge in [0.2, 0.25) is 0 Å². The molecule has 1 fully saturated rings. The van der Waals surface area contributed by atoms with Gasteiger partial charge >= 0.3 is 12.2 Å². The molecule has 0 atom stereocenters. The first-order valence-electron chi connectivity index (χ1n) is 14.4. The third kappa shape index (κ3) is 7.50. The van der Waals surface area contributed by atoms with Crippen LogP contribution in [-0.4, -0.2) is 67.2 Å². The lowest BCUT2D eigenvalue weighted by atomic mass is 10.1. The van der Waals surface area contributed by atoms with E-state index >= 15 is 0 Å². The van der Waals surface area contributed by atoms with Gasteiger partial charge in [-0.3, -0.25) is 9.88 Å². The van der Waals surface area contributed by atoms with Crippen molar-refractivity contribution in [3.8, 4) is 0 Å². The SMILES string of the molecule is CC(C)(C)OC(=O)Nc1cc(CNc2cnc3ccc(N4CCC(O)CC4)nc3n2)c2ccn(C(=O)OC(C)(C)C)c2c1. The number of nitrogens with one attached hydrogen (secondary N) is 2. The second-order valence-corrected chi connectivity index (χ2v) is 12.7. The van der Waals surface area contributed by atoms with Gasteiger partial charge < -0.3 is 24.8 Å². The van der Waals surface area contributed by atoms with Crippen molar-refractivity contribution in [1.82, 2.24) is 19.5 Å². The summed E-state index contributed by atoms with van der Waals surface area (Å²) in [5.41, 5.74) is 1.67. The van der Waals surface area contributed by atoms with Crippen molar-refractivity contribution in [2.75, 3.05) is 28.6 Å². The fourth-order valence-electron chi connectivity index (χ4n) is 4.86. The summed E-state index contributed by atoms with van der Waals surface area (Å²) in [5, 5.41) is 16.8. The second-order valence-electron chi connectivity index (χ2n) is 12.7. The van der Waals surface area contributed by atoms with E-state index in [4.69, 9.17) is 19.4 Å². The molecule has 0 radical (unpaired) electrons. The molecule has 228 valence electrons. The smallest absolute Gasteiger partial charge is 0.418 e. The van der Waals surface area contributed by atoms with Gasteiger partial charge in [0, 0.05) is 36.9 Å². The highest BCUT2D eigenvalue weighted by atomic mass is 16.6. The van der Waals surface area contributed by atoms with E-state index in [2.05, 4.69) is 20.5 Å². The minimum Gasteiger partial charge on any atom is -0.444 e. The van der Waals surface area contributed by atoms with Gasteiger partial charge in [0.05, 0.1) is 17.8 Å². The molecule has 4 heterocycles. The molecule has 1 saturated heterocycles. The van der Waals surface area contributed by atoms with Gasteiger partial charge in [-0.2, -0.15) is 0 Å². The zero-order chi connectivity index (χ0) is 30.9. The number of carbonyl (C=O) groups is 2. The Morgan fingerprint density at radius 1 is 1.00 bits per heavy atom. The zero-order valence-corrected chi connectivity index (χ0v) is 25.5. The molecule has 0 aliphatic carbocycles. The average Bonchev–Trinajstić information content (AvgIpc) is 3.34. The van der Waals surface area contributed by atoms with Crippen molar-refractivity contribution in [1.29, 1.82) is 0 Å². The van der Waals surface area contributed by atoms with Crippen LogP contribution in [0, 0.1) is 0 Å². The Bertz CT molecular complexity index is 1650. The summed E-state index contributed by atoms with van der Waals surface area (Å²) in [6, 6.07) is 9.20. The number of benzene rings is 1. The standard InChI is InChI=1S/C31H39N7O5/c1-30(2,3)42-28(40)34-20-15-19(22-11-14-38(24(22)16-20)29(41)43-31(4,5)6)17-33-25-18-32-23-7-8-26(36-27(23)35-25)37-12-9-21(39)10-13-37/h7-8,11,14-16,18,21,39H,9-10,12-13,17H2,1-6H3,(H,34,40)(H,33,35,36). The van der Waals surface area contributed by atoms with E-state index in [-0.39, 0.29) is 6.10 Å².